The summed E-state index contributed by atoms with van der Waals surface area (Å²) in [6, 6.07) is 0. The van der Waals surface area contributed by atoms with Gasteiger partial charge >= 0.3 is 0 Å². The molecule has 0 atom stereocenters. The minimum atomic E-state index is 0.277. The molecule has 0 radical (unpaired) electrons. The van der Waals surface area contributed by atoms with E-state index in [9.17, 15) is 4.79 Å². The Morgan fingerprint density at radius 2 is 1.87 bits per heavy atom. The molecule has 0 unspecified atom stereocenters. The van der Waals surface area contributed by atoms with Gasteiger partial charge in [0.05, 0.1) is 6.54 Å². The molecule has 0 saturated carbocycles. The van der Waals surface area contributed by atoms with E-state index in [4.69, 9.17) is 0 Å². The second kappa shape index (κ2) is 6.08. The van der Waals surface area contributed by atoms with Gasteiger partial charge in [0.2, 0.25) is 5.91 Å². The first-order valence-electron chi connectivity index (χ1n) is 5.78. The largest absolute Gasteiger partial charge is 0.339 e. The number of rotatable bonds is 4. The van der Waals surface area contributed by atoms with E-state index in [0.717, 1.165) is 39.1 Å². The summed E-state index contributed by atoms with van der Waals surface area (Å²) in [4.78, 5) is 18.2. The van der Waals surface area contributed by atoms with E-state index < -0.39 is 0 Å². The fourth-order valence-corrected chi connectivity index (χ4v) is 1.85. The van der Waals surface area contributed by atoms with Gasteiger partial charge in [0, 0.05) is 26.2 Å². The summed E-state index contributed by atoms with van der Waals surface area (Å²) in [5.41, 5.74) is 0. The Kier molecular flexibility index (Phi) is 5.05. The van der Waals surface area contributed by atoms with Crippen LogP contribution < -0.4 is 0 Å². The molecule has 1 fully saturated rings. The minimum absolute atomic E-state index is 0.277. The third-order valence-corrected chi connectivity index (χ3v) is 2.87. The number of amides is 1. The molecule has 1 rings (SSSR count). The molecular weight excluding hydrogens is 190 g/mol. The third-order valence-electron chi connectivity index (χ3n) is 2.87. The Bertz CT molecular complexity index is 200. The maximum Gasteiger partial charge on any atom is 0.236 e. The van der Waals surface area contributed by atoms with Crippen LogP contribution in [0.4, 0.5) is 0 Å². The van der Waals surface area contributed by atoms with Crippen molar-refractivity contribution in [3.63, 3.8) is 0 Å². The number of hydrogen-bond acceptors (Lipinski definition) is 3. The third kappa shape index (κ3) is 4.18. The van der Waals surface area contributed by atoms with Crippen LogP contribution in [0.15, 0.2) is 0 Å². The summed E-state index contributed by atoms with van der Waals surface area (Å²) < 4.78 is 0. The molecule has 0 aliphatic carbocycles. The van der Waals surface area contributed by atoms with Crippen molar-refractivity contribution in [2.24, 2.45) is 0 Å². The molecule has 1 aliphatic rings. The normalized spacial score (nSPS) is 18.5. The van der Waals surface area contributed by atoms with Crippen molar-refractivity contribution in [1.82, 2.24) is 14.7 Å². The SMILES string of the molecule is CCCN(C)CC(=O)N1CCN(C)CC1. The van der Waals surface area contributed by atoms with Crippen molar-refractivity contribution < 1.29 is 4.79 Å². The van der Waals surface area contributed by atoms with Crippen molar-refractivity contribution >= 4 is 5.91 Å². The monoisotopic (exact) mass is 213 g/mol. The first-order chi connectivity index (χ1) is 7.13. The molecule has 1 saturated heterocycles. The average Bonchev–Trinajstić information content (AvgIpc) is 2.18. The number of likely N-dealkylation sites (N-methyl/N-ethyl adjacent to an activating group) is 2. The Hall–Kier alpha value is -0.610. The lowest BCUT2D eigenvalue weighted by Gasteiger charge is -2.33. The fraction of sp³-hybridized carbons (Fsp3) is 0.909. The molecule has 4 heteroatoms. The Labute approximate surface area is 92.8 Å². The first kappa shape index (κ1) is 12.5. The number of piperazine rings is 1. The predicted molar refractivity (Wildman–Crippen MR) is 61.9 cm³/mol. The van der Waals surface area contributed by atoms with Gasteiger partial charge in [-0.2, -0.15) is 0 Å². The Morgan fingerprint density at radius 3 is 2.40 bits per heavy atom. The van der Waals surface area contributed by atoms with Crippen molar-refractivity contribution in [2.45, 2.75) is 13.3 Å². The maximum atomic E-state index is 11.9. The topological polar surface area (TPSA) is 26.8 Å². The summed E-state index contributed by atoms with van der Waals surface area (Å²) in [5.74, 6) is 0.277. The number of carbonyl (C=O) groups excluding carboxylic acids is 1. The van der Waals surface area contributed by atoms with Gasteiger partial charge in [-0.25, -0.2) is 0 Å². The van der Waals surface area contributed by atoms with Gasteiger partial charge in [-0.15, -0.1) is 0 Å². The molecule has 1 amide bonds. The van der Waals surface area contributed by atoms with Crippen molar-refractivity contribution in [2.75, 3.05) is 53.4 Å². The average molecular weight is 213 g/mol. The second-order valence-corrected chi connectivity index (χ2v) is 4.42. The van der Waals surface area contributed by atoms with E-state index in [1.54, 1.807) is 0 Å². The fourth-order valence-electron chi connectivity index (χ4n) is 1.85. The maximum absolute atomic E-state index is 11.9. The van der Waals surface area contributed by atoms with Crippen LogP contribution >= 0.6 is 0 Å². The summed E-state index contributed by atoms with van der Waals surface area (Å²) in [7, 11) is 4.11. The van der Waals surface area contributed by atoms with Crippen LogP contribution in [0.5, 0.6) is 0 Å². The van der Waals surface area contributed by atoms with Crippen LogP contribution in [0.3, 0.4) is 0 Å². The van der Waals surface area contributed by atoms with Gasteiger partial charge in [0.25, 0.3) is 0 Å². The van der Waals surface area contributed by atoms with Gasteiger partial charge in [-0.3, -0.25) is 9.69 Å². The Balaban J connectivity index is 2.27. The summed E-state index contributed by atoms with van der Waals surface area (Å²) >= 11 is 0. The number of hydrogen-bond donors (Lipinski definition) is 0. The van der Waals surface area contributed by atoms with Crippen LogP contribution in [-0.4, -0.2) is 74.0 Å². The summed E-state index contributed by atoms with van der Waals surface area (Å²) in [5, 5.41) is 0. The molecule has 0 spiro atoms. The molecule has 15 heavy (non-hydrogen) atoms. The lowest BCUT2D eigenvalue weighted by molar-refractivity contribution is -0.133. The highest BCUT2D eigenvalue weighted by Crippen LogP contribution is 2.00. The minimum Gasteiger partial charge on any atom is -0.339 e. The molecule has 88 valence electrons. The lowest BCUT2D eigenvalue weighted by Crippen LogP contribution is -2.49. The van der Waals surface area contributed by atoms with E-state index in [1.807, 2.05) is 11.9 Å². The zero-order valence-electron chi connectivity index (χ0n) is 10.2. The lowest BCUT2D eigenvalue weighted by atomic mass is 10.3. The smallest absolute Gasteiger partial charge is 0.236 e. The zero-order valence-corrected chi connectivity index (χ0v) is 10.2. The molecule has 1 aliphatic heterocycles. The molecule has 0 aromatic rings. The second-order valence-electron chi connectivity index (χ2n) is 4.42. The van der Waals surface area contributed by atoms with Gasteiger partial charge in [-0.05, 0) is 27.1 Å². The van der Waals surface area contributed by atoms with E-state index in [0.29, 0.717) is 6.54 Å². The summed E-state index contributed by atoms with van der Waals surface area (Å²) in [6.45, 7) is 7.48. The van der Waals surface area contributed by atoms with Gasteiger partial charge in [0.15, 0.2) is 0 Å². The van der Waals surface area contributed by atoms with E-state index in [1.165, 1.54) is 0 Å². The van der Waals surface area contributed by atoms with Crippen LogP contribution in [0.1, 0.15) is 13.3 Å². The van der Waals surface area contributed by atoms with Crippen LogP contribution in [-0.2, 0) is 4.79 Å². The van der Waals surface area contributed by atoms with E-state index in [2.05, 4.69) is 23.8 Å². The predicted octanol–water partition coefficient (Wildman–Crippen LogP) is 0.102. The highest BCUT2D eigenvalue weighted by Gasteiger charge is 2.19. The molecule has 0 bridgehead atoms. The van der Waals surface area contributed by atoms with Crippen LogP contribution in [0.2, 0.25) is 0 Å². The highest BCUT2D eigenvalue weighted by molar-refractivity contribution is 5.78. The molecule has 1 heterocycles. The molecule has 0 aromatic carbocycles. The van der Waals surface area contributed by atoms with Crippen molar-refractivity contribution in [3.8, 4) is 0 Å². The van der Waals surface area contributed by atoms with Crippen LogP contribution in [0.25, 0.3) is 0 Å². The molecular formula is C11H23N3O. The van der Waals surface area contributed by atoms with E-state index >= 15 is 0 Å². The van der Waals surface area contributed by atoms with Gasteiger partial charge < -0.3 is 9.80 Å². The highest BCUT2D eigenvalue weighted by atomic mass is 16.2. The van der Waals surface area contributed by atoms with Crippen molar-refractivity contribution in [1.29, 1.82) is 0 Å². The standard InChI is InChI=1S/C11H23N3O/c1-4-5-13(3)10-11(15)14-8-6-12(2)7-9-14/h4-10H2,1-3H3. The van der Waals surface area contributed by atoms with E-state index in [-0.39, 0.29) is 5.91 Å². The van der Waals surface area contributed by atoms with Gasteiger partial charge in [0.1, 0.15) is 0 Å². The zero-order chi connectivity index (χ0) is 11.3. The first-order valence-corrected chi connectivity index (χ1v) is 5.78. The molecule has 0 aromatic heterocycles. The van der Waals surface area contributed by atoms with Crippen LogP contribution in [0, 0.1) is 0 Å². The van der Waals surface area contributed by atoms with Gasteiger partial charge in [-0.1, -0.05) is 6.92 Å². The Morgan fingerprint density at radius 1 is 1.27 bits per heavy atom. The number of nitrogens with zero attached hydrogens (tertiary/aromatic N) is 3. The quantitative estimate of drug-likeness (QED) is 0.663. The van der Waals surface area contributed by atoms with Crippen molar-refractivity contribution in [3.05, 3.63) is 0 Å². The number of carbonyl (C=O) groups is 1. The molecule has 4 nitrogen and oxygen atoms in total. The molecule has 0 N–H and O–H groups in total. The summed E-state index contributed by atoms with van der Waals surface area (Å²) in [6.07, 6.45) is 1.10.